The predicted octanol–water partition coefficient (Wildman–Crippen LogP) is 0.887. The number of hydrogen-bond acceptors (Lipinski definition) is 5. The zero-order chi connectivity index (χ0) is 10.7. The topological polar surface area (TPSA) is 47.5 Å². The number of rotatable bonds is 2. The molecule has 5 nitrogen and oxygen atoms in total. The monoisotopic (exact) mass is 229 g/mol. The van der Waals surface area contributed by atoms with Crippen LogP contribution in [-0.4, -0.2) is 42.3 Å². The number of anilines is 1. The van der Waals surface area contributed by atoms with Crippen LogP contribution < -0.4 is 9.64 Å². The van der Waals surface area contributed by atoms with E-state index in [0.29, 0.717) is 19.0 Å². The average Bonchev–Trinajstić information content (AvgIpc) is 2.29. The van der Waals surface area contributed by atoms with Crippen LogP contribution in [0.5, 0.6) is 5.88 Å². The molecule has 0 spiro atoms. The molecule has 82 valence electrons. The van der Waals surface area contributed by atoms with E-state index in [1.807, 2.05) is 4.90 Å². The van der Waals surface area contributed by atoms with Crippen LogP contribution in [0.15, 0.2) is 12.4 Å². The fraction of sp³-hybridized carbons (Fsp3) is 0.556. The lowest BCUT2D eigenvalue weighted by molar-refractivity contribution is 0.0930. The maximum atomic E-state index is 5.90. The molecule has 1 atom stereocenters. The van der Waals surface area contributed by atoms with Crippen molar-refractivity contribution in [3.8, 4) is 5.88 Å². The second-order valence-electron chi connectivity index (χ2n) is 3.15. The Labute approximate surface area is 93.0 Å². The molecule has 0 radical (unpaired) electrons. The molecular weight excluding hydrogens is 218 g/mol. The van der Waals surface area contributed by atoms with Gasteiger partial charge in [0.1, 0.15) is 17.7 Å². The largest absolute Gasteiger partial charge is 0.481 e. The molecule has 1 fully saturated rings. The van der Waals surface area contributed by atoms with Crippen LogP contribution in [0.25, 0.3) is 0 Å². The number of alkyl halides is 1. The normalized spacial score (nSPS) is 21.5. The van der Waals surface area contributed by atoms with E-state index in [-0.39, 0.29) is 5.56 Å². The zero-order valence-electron chi connectivity index (χ0n) is 8.39. The zero-order valence-corrected chi connectivity index (χ0v) is 9.15. The second kappa shape index (κ2) is 4.63. The van der Waals surface area contributed by atoms with E-state index in [2.05, 4.69) is 9.97 Å². The SMILES string of the molecule is COc1cc(N2CCOC(Cl)C2)ncn1. The summed E-state index contributed by atoms with van der Waals surface area (Å²) in [4.78, 5) is 10.2. The summed E-state index contributed by atoms with van der Waals surface area (Å²) in [6.45, 7) is 2.02. The Hall–Kier alpha value is -1.07. The van der Waals surface area contributed by atoms with E-state index in [0.717, 1.165) is 12.4 Å². The Kier molecular flexibility index (Phi) is 3.23. The van der Waals surface area contributed by atoms with Crippen LogP contribution in [-0.2, 0) is 4.74 Å². The van der Waals surface area contributed by atoms with Crippen molar-refractivity contribution < 1.29 is 9.47 Å². The van der Waals surface area contributed by atoms with Crippen LogP contribution in [0.4, 0.5) is 5.82 Å². The summed E-state index contributed by atoms with van der Waals surface area (Å²) in [6, 6.07) is 1.79. The van der Waals surface area contributed by atoms with Crippen molar-refractivity contribution in [2.24, 2.45) is 0 Å². The summed E-state index contributed by atoms with van der Waals surface area (Å²) >= 11 is 5.90. The van der Waals surface area contributed by atoms with Crippen molar-refractivity contribution in [1.82, 2.24) is 9.97 Å². The third-order valence-corrected chi connectivity index (χ3v) is 2.45. The molecule has 0 N–H and O–H groups in total. The first-order chi connectivity index (χ1) is 7.29. The molecule has 1 unspecified atom stereocenters. The van der Waals surface area contributed by atoms with Gasteiger partial charge in [0.2, 0.25) is 5.88 Å². The molecule has 0 bridgehead atoms. The van der Waals surface area contributed by atoms with E-state index in [1.54, 1.807) is 13.2 Å². The Morgan fingerprint density at radius 2 is 2.47 bits per heavy atom. The van der Waals surface area contributed by atoms with Crippen LogP contribution in [0, 0.1) is 0 Å². The Balaban J connectivity index is 2.13. The molecule has 6 heteroatoms. The molecule has 1 aliphatic rings. The number of morpholine rings is 1. The molecule has 1 saturated heterocycles. The number of methoxy groups -OCH3 is 1. The molecule has 0 aliphatic carbocycles. The van der Waals surface area contributed by atoms with E-state index in [9.17, 15) is 0 Å². The van der Waals surface area contributed by atoms with Gasteiger partial charge < -0.3 is 14.4 Å². The molecule has 0 saturated carbocycles. The lowest BCUT2D eigenvalue weighted by Gasteiger charge is -2.30. The highest BCUT2D eigenvalue weighted by Gasteiger charge is 2.19. The van der Waals surface area contributed by atoms with Crippen LogP contribution in [0.3, 0.4) is 0 Å². The van der Waals surface area contributed by atoms with Crippen LogP contribution >= 0.6 is 11.6 Å². The first-order valence-corrected chi connectivity index (χ1v) is 5.10. The van der Waals surface area contributed by atoms with Gasteiger partial charge in [-0.1, -0.05) is 11.6 Å². The molecule has 2 heterocycles. The predicted molar refractivity (Wildman–Crippen MR) is 56.4 cm³/mol. The lowest BCUT2D eigenvalue weighted by Crippen LogP contribution is -2.40. The first-order valence-electron chi connectivity index (χ1n) is 4.66. The fourth-order valence-corrected chi connectivity index (χ4v) is 1.69. The van der Waals surface area contributed by atoms with E-state index in [1.165, 1.54) is 6.33 Å². The highest BCUT2D eigenvalue weighted by atomic mass is 35.5. The van der Waals surface area contributed by atoms with E-state index in [4.69, 9.17) is 21.1 Å². The van der Waals surface area contributed by atoms with Crippen molar-refractivity contribution >= 4 is 17.4 Å². The molecule has 2 rings (SSSR count). The summed E-state index contributed by atoms with van der Waals surface area (Å²) in [7, 11) is 1.58. The van der Waals surface area contributed by atoms with Gasteiger partial charge in [-0.05, 0) is 0 Å². The molecule has 1 aliphatic heterocycles. The Bertz CT molecular complexity index is 337. The van der Waals surface area contributed by atoms with Gasteiger partial charge in [0, 0.05) is 12.6 Å². The fourth-order valence-electron chi connectivity index (χ4n) is 1.43. The van der Waals surface area contributed by atoms with E-state index >= 15 is 0 Å². The molecule has 0 aromatic carbocycles. The van der Waals surface area contributed by atoms with Gasteiger partial charge in [0.25, 0.3) is 0 Å². The first kappa shape index (κ1) is 10.4. The minimum absolute atomic E-state index is 0.278. The molecule has 1 aromatic heterocycles. The maximum absolute atomic E-state index is 5.90. The lowest BCUT2D eigenvalue weighted by atomic mass is 10.4. The minimum Gasteiger partial charge on any atom is -0.481 e. The third kappa shape index (κ3) is 2.49. The van der Waals surface area contributed by atoms with Crippen molar-refractivity contribution in [1.29, 1.82) is 0 Å². The quantitative estimate of drug-likeness (QED) is 0.705. The van der Waals surface area contributed by atoms with Crippen molar-refractivity contribution in [2.45, 2.75) is 5.56 Å². The number of ether oxygens (including phenoxy) is 2. The van der Waals surface area contributed by atoms with Gasteiger partial charge in [0.05, 0.1) is 20.3 Å². The minimum atomic E-state index is -0.278. The summed E-state index contributed by atoms with van der Waals surface area (Å²) in [6.07, 6.45) is 1.48. The number of hydrogen-bond donors (Lipinski definition) is 0. The molecular formula is C9H12ClN3O2. The number of halogens is 1. The van der Waals surface area contributed by atoms with E-state index < -0.39 is 0 Å². The molecule has 1 aromatic rings. The van der Waals surface area contributed by atoms with Gasteiger partial charge in [-0.25, -0.2) is 9.97 Å². The van der Waals surface area contributed by atoms with Crippen LogP contribution in [0.1, 0.15) is 0 Å². The summed E-state index contributed by atoms with van der Waals surface area (Å²) in [5.74, 6) is 1.37. The smallest absolute Gasteiger partial charge is 0.218 e. The highest BCUT2D eigenvalue weighted by Crippen LogP contribution is 2.19. The standard InChI is InChI=1S/C9H12ClN3O2/c1-14-9-4-8(11-6-12-9)13-2-3-15-7(10)5-13/h4,6-7H,2-3,5H2,1H3. The van der Waals surface area contributed by atoms with Gasteiger partial charge in [-0.3, -0.25) is 0 Å². The Morgan fingerprint density at radius 3 is 3.20 bits per heavy atom. The Morgan fingerprint density at radius 1 is 1.60 bits per heavy atom. The number of nitrogens with zero attached hydrogens (tertiary/aromatic N) is 3. The van der Waals surface area contributed by atoms with Crippen molar-refractivity contribution in [2.75, 3.05) is 31.7 Å². The molecule has 15 heavy (non-hydrogen) atoms. The molecule has 0 amide bonds. The summed E-state index contributed by atoms with van der Waals surface area (Å²) < 4.78 is 10.3. The van der Waals surface area contributed by atoms with Gasteiger partial charge >= 0.3 is 0 Å². The number of aromatic nitrogens is 2. The van der Waals surface area contributed by atoms with Gasteiger partial charge in [-0.2, -0.15) is 0 Å². The van der Waals surface area contributed by atoms with Crippen molar-refractivity contribution in [3.63, 3.8) is 0 Å². The maximum Gasteiger partial charge on any atom is 0.218 e. The summed E-state index contributed by atoms with van der Waals surface area (Å²) in [5, 5.41) is 0. The second-order valence-corrected chi connectivity index (χ2v) is 3.63. The summed E-state index contributed by atoms with van der Waals surface area (Å²) in [5.41, 5.74) is -0.278. The average molecular weight is 230 g/mol. The van der Waals surface area contributed by atoms with Gasteiger partial charge in [-0.15, -0.1) is 0 Å². The van der Waals surface area contributed by atoms with Crippen molar-refractivity contribution in [3.05, 3.63) is 12.4 Å². The third-order valence-electron chi connectivity index (χ3n) is 2.18. The highest BCUT2D eigenvalue weighted by molar-refractivity contribution is 6.20. The van der Waals surface area contributed by atoms with Gasteiger partial charge in [0.15, 0.2) is 0 Å². The van der Waals surface area contributed by atoms with Crippen LogP contribution in [0.2, 0.25) is 0 Å².